The third-order valence-corrected chi connectivity index (χ3v) is 4.88. The summed E-state index contributed by atoms with van der Waals surface area (Å²) in [5, 5.41) is 3.11. The van der Waals surface area contributed by atoms with Crippen molar-refractivity contribution in [3.8, 4) is 11.5 Å². The van der Waals surface area contributed by atoms with Crippen molar-refractivity contribution in [3.05, 3.63) is 18.2 Å². The Balaban J connectivity index is 0.00000242. The van der Waals surface area contributed by atoms with Crippen LogP contribution in [-0.4, -0.2) is 26.2 Å². The van der Waals surface area contributed by atoms with Crippen LogP contribution in [0.15, 0.2) is 23.2 Å². The Morgan fingerprint density at radius 3 is 2.18 bits per heavy atom. The SMILES string of the molecule is COc1ccc(OC)c(NC(N)=NC2C(C)(C)C2(C)C)c1.I. The summed E-state index contributed by atoms with van der Waals surface area (Å²) in [6.07, 6.45) is 0. The molecule has 1 aromatic rings. The first-order valence-corrected chi connectivity index (χ1v) is 7.06. The van der Waals surface area contributed by atoms with E-state index in [0.29, 0.717) is 11.7 Å². The Kier molecular flexibility index (Phi) is 5.59. The van der Waals surface area contributed by atoms with E-state index in [1.165, 1.54) is 0 Å². The maximum atomic E-state index is 6.05. The molecule has 0 spiro atoms. The molecule has 0 unspecified atom stereocenters. The zero-order valence-electron chi connectivity index (χ0n) is 14.1. The van der Waals surface area contributed by atoms with Gasteiger partial charge in [0.25, 0.3) is 0 Å². The van der Waals surface area contributed by atoms with E-state index < -0.39 is 0 Å². The standard InChI is InChI=1S/C16H25N3O2.HI/c1-15(2)13(16(15,3)4)19-14(17)18-11-9-10(20-5)7-8-12(11)21-6;/h7-9,13H,1-6H3,(H3,17,18,19);1H. The second kappa shape index (κ2) is 6.52. The molecule has 124 valence electrons. The summed E-state index contributed by atoms with van der Waals surface area (Å²) >= 11 is 0. The Bertz CT molecular complexity index is 557. The van der Waals surface area contributed by atoms with Gasteiger partial charge in [-0.25, -0.2) is 4.99 Å². The van der Waals surface area contributed by atoms with Crippen LogP contribution in [0.4, 0.5) is 5.69 Å². The Labute approximate surface area is 149 Å². The lowest BCUT2D eigenvalue weighted by atomic mass is 10.0. The van der Waals surface area contributed by atoms with Gasteiger partial charge in [0.05, 0.1) is 25.9 Å². The lowest BCUT2D eigenvalue weighted by Gasteiger charge is -2.12. The highest BCUT2D eigenvalue weighted by molar-refractivity contribution is 14.0. The van der Waals surface area contributed by atoms with E-state index in [2.05, 4.69) is 38.0 Å². The highest BCUT2D eigenvalue weighted by atomic mass is 127. The lowest BCUT2D eigenvalue weighted by Crippen LogP contribution is -2.24. The van der Waals surface area contributed by atoms with Gasteiger partial charge in [-0.2, -0.15) is 0 Å². The molecule has 0 amide bonds. The molecule has 1 aliphatic rings. The molecule has 3 N–H and O–H groups in total. The molecule has 0 saturated heterocycles. The topological polar surface area (TPSA) is 68.9 Å². The molecule has 2 rings (SSSR count). The number of halogens is 1. The van der Waals surface area contributed by atoms with Crippen LogP contribution in [0.25, 0.3) is 0 Å². The van der Waals surface area contributed by atoms with Crippen molar-refractivity contribution in [2.75, 3.05) is 19.5 Å². The van der Waals surface area contributed by atoms with Crippen LogP contribution in [0.5, 0.6) is 11.5 Å². The van der Waals surface area contributed by atoms with Gasteiger partial charge in [0.15, 0.2) is 5.96 Å². The van der Waals surface area contributed by atoms with E-state index in [-0.39, 0.29) is 40.8 Å². The molecule has 1 aliphatic carbocycles. The third kappa shape index (κ3) is 3.26. The fraction of sp³-hybridized carbons (Fsp3) is 0.562. The van der Waals surface area contributed by atoms with E-state index in [4.69, 9.17) is 15.2 Å². The van der Waals surface area contributed by atoms with Gasteiger partial charge in [-0.05, 0) is 23.0 Å². The Morgan fingerprint density at radius 2 is 1.73 bits per heavy atom. The van der Waals surface area contributed by atoms with Crippen LogP contribution >= 0.6 is 24.0 Å². The normalized spacial score (nSPS) is 19.1. The molecule has 0 bridgehead atoms. The summed E-state index contributed by atoms with van der Waals surface area (Å²) in [6, 6.07) is 5.72. The number of benzene rings is 1. The number of nitrogens with one attached hydrogen (secondary N) is 1. The van der Waals surface area contributed by atoms with Crippen molar-refractivity contribution in [2.24, 2.45) is 21.6 Å². The van der Waals surface area contributed by atoms with Crippen molar-refractivity contribution in [1.82, 2.24) is 0 Å². The summed E-state index contributed by atoms with van der Waals surface area (Å²) < 4.78 is 10.5. The maximum absolute atomic E-state index is 6.05. The number of rotatable bonds is 4. The van der Waals surface area contributed by atoms with Gasteiger partial charge in [-0.3, -0.25) is 0 Å². The first-order valence-electron chi connectivity index (χ1n) is 7.06. The number of anilines is 1. The molecule has 0 aromatic heterocycles. The number of nitrogens with zero attached hydrogens (tertiary/aromatic N) is 1. The van der Waals surface area contributed by atoms with E-state index >= 15 is 0 Å². The zero-order valence-corrected chi connectivity index (χ0v) is 16.4. The first-order chi connectivity index (χ1) is 9.73. The van der Waals surface area contributed by atoms with Crippen LogP contribution in [0.3, 0.4) is 0 Å². The molecule has 0 radical (unpaired) electrons. The summed E-state index contributed by atoms with van der Waals surface area (Å²) in [4.78, 5) is 4.61. The van der Waals surface area contributed by atoms with E-state index in [1.54, 1.807) is 14.2 Å². The average Bonchev–Trinajstić information content (AvgIpc) is 2.81. The minimum absolute atomic E-state index is 0. The predicted molar refractivity (Wildman–Crippen MR) is 102 cm³/mol. The average molecular weight is 419 g/mol. The molecule has 6 heteroatoms. The monoisotopic (exact) mass is 419 g/mol. The number of hydrogen-bond acceptors (Lipinski definition) is 3. The number of ether oxygens (including phenoxy) is 2. The van der Waals surface area contributed by atoms with Crippen molar-refractivity contribution in [3.63, 3.8) is 0 Å². The van der Waals surface area contributed by atoms with Crippen LogP contribution in [0, 0.1) is 10.8 Å². The van der Waals surface area contributed by atoms with E-state index in [9.17, 15) is 0 Å². The number of methoxy groups -OCH3 is 2. The van der Waals surface area contributed by atoms with Gasteiger partial charge in [0, 0.05) is 6.07 Å². The van der Waals surface area contributed by atoms with Gasteiger partial charge in [0.1, 0.15) is 11.5 Å². The minimum atomic E-state index is 0. The van der Waals surface area contributed by atoms with Crippen LogP contribution in [0.2, 0.25) is 0 Å². The molecule has 5 nitrogen and oxygen atoms in total. The van der Waals surface area contributed by atoms with Crippen LogP contribution in [-0.2, 0) is 0 Å². The summed E-state index contributed by atoms with van der Waals surface area (Å²) in [5.74, 6) is 1.83. The quantitative estimate of drug-likeness (QED) is 0.446. The lowest BCUT2D eigenvalue weighted by molar-refractivity contribution is 0.405. The third-order valence-electron chi connectivity index (χ3n) is 4.88. The van der Waals surface area contributed by atoms with Gasteiger partial charge in [-0.1, -0.05) is 27.7 Å². The largest absolute Gasteiger partial charge is 0.497 e. The molecule has 22 heavy (non-hydrogen) atoms. The zero-order chi connectivity index (χ0) is 15.8. The second-order valence-corrected chi connectivity index (χ2v) is 6.55. The van der Waals surface area contributed by atoms with Gasteiger partial charge in [-0.15, -0.1) is 24.0 Å². The number of aliphatic imine (C=N–C) groups is 1. The molecule has 0 heterocycles. The molecule has 1 aromatic carbocycles. The predicted octanol–water partition coefficient (Wildman–Crippen LogP) is 3.48. The molecule has 0 aliphatic heterocycles. The Hall–Kier alpha value is -1.18. The molecular weight excluding hydrogens is 393 g/mol. The molecule has 1 saturated carbocycles. The Morgan fingerprint density at radius 1 is 1.14 bits per heavy atom. The molecular formula is C16H26IN3O2. The van der Waals surface area contributed by atoms with Gasteiger partial charge in [0.2, 0.25) is 0 Å². The number of nitrogens with two attached hydrogens (primary N) is 1. The van der Waals surface area contributed by atoms with E-state index in [1.807, 2.05) is 18.2 Å². The van der Waals surface area contributed by atoms with Crippen molar-refractivity contribution < 1.29 is 9.47 Å². The number of guanidine groups is 1. The fourth-order valence-electron chi connectivity index (χ4n) is 2.71. The summed E-state index contributed by atoms with van der Waals surface area (Å²) in [6.45, 7) is 8.84. The highest BCUT2D eigenvalue weighted by Crippen LogP contribution is 2.64. The first kappa shape index (κ1) is 18.9. The summed E-state index contributed by atoms with van der Waals surface area (Å²) in [7, 11) is 3.24. The highest BCUT2D eigenvalue weighted by Gasteiger charge is 2.65. The molecule has 1 fully saturated rings. The van der Waals surface area contributed by atoms with Crippen molar-refractivity contribution in [2.45, 2.75) is 33.7 Å². The van der Waals surface area contributed by atoms with E-state index in [0.717, 1.165) is 11.4 Å². The number of hydrogen-bond donors (Lipinski definition) is 2. The van der Waals surface area contributed by atoms with Crippen LogP contribution in [0.1, 0.15) is 27.7 Å². The van der Waals surface area contributed by atoms with Gasteiger partial charge >= 0.3 is 0 Å². The van der Waals surface area contributed by atoms with Crippen molar-refractivity contribution in [1.29, 1.82) is 0 Å². The maximum Gasteiger partial charge on any atom is 0.193 e. The summed E-state index contributed by atoms with van der Waals surface area (Å²) in [5.41, 5.74) is 7.12. The smallest absolute Gasteiger partial charge is 0.193 e. The fourth-order valence-corrected chi connectivity index (χ4v) is 2.71. The second-order valence-electron chi connectivity index (χ2n) is 6.55. The van der Waals surface area contributed by atoms with Crippen LogP contribution < -0.4 is 20.5 Å². The van der Waals surface area contributed by atoms with Gasteiger partial charge < -0.3 is 20.5 Å². The van der Waals surface area contributed by atoms with Crippen molar-refractivity contribution >= 4 is 35.6 Å². The molecule has 0 atom stereocenters. The minimum Gasteiger partial charge on any atom is -0.497 e.